The highest BCUT2D eigenvalue weighted by molar-refractivity contribution is 6.03. The van der Waals surface area contributed by atoms with Crippen molar-refractivity contribution >= 4 is 17.5 Å². The first-order valence-corrected chi connectivity index (χ1v) is 7.82. The largest absolute Gasteiger partial charge is 0.340 e. The number of benzene rings is 1. The van der Waals surface area contributed by atoms with E-state index in [-0.39, 0.29) is 18.2 Å². The van der Waals surface area contributed by atoms with Crippen LogP contribution in [0.25, 0.3) is 0 Å². The molecular weight excluding hydrogens is 278 g/mol. The van der Waals surface area contributed by atoms with Crippen LogP contribution in [0.4, 0.5) is 5.69 Å². The van der Waals surface area contributed by atoms with Crippen LogP contribution in [0.15, 0.2) is 24.3 Å². The lowest BCUT2D eigenvalue weighted by Crippen LogP contribution is -2.47. The SMILES string of the molecule is CC(C)c1ccccc1NC(=O)CC(=O)N1CCN(C)CC1. The van der Waals surface area contributed by atoms with Crippen LogP contribution in [-0.4, -0.2) is 54.8 Å². The predicted molar refractivity (Wildman–Crippen MR) is 87.9 cm³/mol. The minimum atomic E-state index is -0.239. The summed E-state index contributed by atoms with van der Waals surface area (Å²) < 4.78 is 0. The van der Waals surface area contributed by atoms with Gasteiger partial charge in [0.1, 0.15) is 6.42 Å². The van der Waals surface area contributed by atoms with E-state index >= 15 is 0 Å². The van der Waals surface area contributed by atoms with Gasteiger partial charge in [0, 0.05) is 31.9 Å². The van der Waals surface area contributed by atoms with Crippen LogP contribution in [-0.2, 0) is 9.59 Å². The van der Waals surface area contributed by atoms with Gasteiger partial charge in [-0.25, -0.2) is 0 Å². The van der Waals surface area contributed by atoms with Gasteiger partial charge in [-0.05, 0) is 24.6 Å². The third-order valence-electron chi connectivity index (χ3n) is 4.02. The number of piperazine rings is 1. The van der Waals surface area contributed by atoms with E-state index in [1.165, 1.54) is 0 Å². The summed E-state index contributed by atoms with van der Waals surface area (Å²) >= 11 is 0. The maximum atomic E-state index is 12.2. The first-order chi connectivity index (χ1) is 10.5. The number of rotatable bonds is 4. The summed E-state index contributed by atoms with van der Waals surface area (Å²) in [6.07, 6.45) is -0.0872. The van der Waals surface area contributed by atoms with Crippen LogP contribution < -0.4 is 5.32 Å². The number of likely N-dealkylation sites (N-methyl/N-ethyl adjacent to an activating group) is 1. The van der Waals surface area contributed by atoms with Crippen LogP contribution in [0, 0.1) is 0 Å². The second kappa shape index (κ2) is 7.40. The summed E-state index contributed by atoms with van der Waals surface area (Å²) in [6, 6.07) is 7.74. The maximum Gasteiger partial charge on any atom is 0.233 e. The quantitative estimate of drug-likeness (QED) is 0.865. The van der Waals surface area contributed by atoms with Crippen molar-refractivity contribution in [2.75, 3.05) is 38.5 Å². The number of hydrogen-bond acceptors (Lipinski definition) is 3. The molecule has 1 aromatic rings. The average Bonchev–Trinajstić information content (AvgIpc) is 2.48. The number of anilines is 1. The Morgan fingerprint density at radius 1 is 1.14 bits per heavy atom. The maximum absolute atomic E-state index is 12.2. The third kappa shape index (κ3) is 4.31. The normalized spacial score (nSPS) is 15.9. The minimum Gasteiger partial charge on any atom is -0.340 e. The summed E-state index contributed by atoms with van der Waals surface area (Å²) in [5, 5.41) is 2.87. The zero-order valence-corrected chi connectivity index (χ0v) is 13.6. The van der Waals surface area contributed by atoms with Gasteiger partial charge in [0.2, 0.25) is 11.8 Å². The van der Waals surface area contributed by atoms with Crippen LogP contribution in [0.1, 0.15) is 31.7 Å². The van der Waals surface area contributed by atoms with Crippen molar-refractivity contribution in [2.24, 2.45) is 0 Å². The fraction of sp³-hybridized carbons (Fsp3) is 0.529. The number of carbonyl (C=O) groups excluding carboxylic acids is 2. The van der Waals surface area contributed by atoms with Crippen molar-refractivity contribution < 1.29 is 9.59 Å². The second-order valence-corrected chi connectivity index (χ2v) is 6.15. The molecule has 22 heavy (non-hydrogen) atoms. The minimum absolute atomic E-state index is 0.0872. The Labute approximate surface area is 132 Å². The van der Waals surface area contributed by atoms with E-state index in [4.69, 9.17) is 0 Å². The monoisotopic (exact) mass is 303 g/mol. The first-order valence-electron chi connectivity index (χ1n) is 7.82. The Balaban J connectivity index is 1.92. The van der Waals surface area contributed by atoms with Gasteiger partial charge >= 0.3 is 0 Å². The molecule has 1 aliphatic heterocycles. The summed E-state index contributed by atoms with van der Waals surface area (Å²) in [5.41, 5.74) is 1.89. The fourth-order valence-corrected chi connectivity index (χ4v) is 2.61. The zero-order chi connectivity index (χ0) is 16.1. The Morgan fingerprint density at radius 2 is 1.77 bits per heavy atom. The van der Waals surface area contributed by atoms with Crippen LogP contribution in [0.5, 0.6) is 0 Å². The van der Waals surface area contributed by atoms with Gasteiger partial charge in [0.15, 0.2) is 0 Å². The Hall–Kier alpha value is -1.88. The molecule has 5 heteroatoms. The van der Waals surface area contributed by atoms with E-state index in [9.17, 15) is 9.59 Å². The van der Waals surface area contributed by atoms with Gasteiger partial charge in [-0.2, -0.15) is 0 Å². The van der Waals surface area contributed by atoms with Gasteiger partial charge in [0.05, 0.1) is 0 Å². The van der Waals surface area contributed by atoms with Gasteiger partial charge < -0.3 is 15.1 Å². The van der Waals surface area contributed by atoms with Crippen molar-refractivity contribution in [3.8, 4) is 0 Å². The molecular formula is C17H25N3O2. The topological polar surface area (TPSA) is 52.7 Å². The van der Waals surface area contributed by atoms with Crippen molar-refractivity contribution in [3.63, 3.8) is 0 Å². The molecule has 0 saturated carbocycles. The molecule has 5 nitrogen and oxygen atoms in total. The van der Waals surface area contributed by atoms with Gasteiger partial charge in [-0.15, -0.1) is 0 Å². The molecule has 2 rings (SSSR count). The van der Waals surface area contributed by atoms with E-state index in [0.717, 1.165) is 24.3 Å². The molecule has 1 saturated heterocycles. The molecule has 0 atom stereocenters. The molecule has 0 aliphatic carbocycles. The molecule has 0 spiro atoms. The second-order valence-electron chi connectivity index (χ2n) is 6.15. The van der Waals surface area contributed by atoms with Crippen LogP contribution >= 0.6 is 0 Å². The lowest BCUT2D eigenvalue weighted by molar-refractivity contribution is -0.135. The van der Waals surface area contributed by atoms with E-state index in [0.29, 0.717) is 19.0 Å². The standard InChI is InChI=1S/C17H25N3O2/c1-13(2)14-6-4-5-7-15(14)18-16(21)12-17(22)20-10-8-19(3)9-11-20/h4-7,13H,8-12H2,1-3H3,(H,18,21). The van der Waals surface area contributed by atoms with Crippen LogP contribution in [0.2, 0.25) is 0 Å². The molecule has 2 amide bonds. The molecule has 0 unspecified atom stereocenters. The van der Waals surface area contributed by atoms with E-state index in [1.807, 2.05) is 31.3 Å². The highest BCUT2D eigenvalue weighted by atomic mass is 16.2. The number of amides is 2. The molecule has 1 fully saturated rings. The average molecular weight is 303 g/mol. The highest BCUT2D eigenvalue weighted by Crippen LogP contribution is 2.23. The van der Waals surface area contributed by atoms with Crippen molar-refractivity contribution in [3.05, 3.63) is 29.8 Å². The molecule has 1 aliphatic rings. The molecule has 0 bridgehead atoms. The smallest absolute Gasteiger partial charge is 0.233 e. The fourth-order valence-electron chi connectivity index (χ4n) is 2.61. The zero-order valence-electron chi connectivity index (χ0n) is 13.6. The van der Waals surface area contributed by atoms with Crippen molar-refractivity contribution in [2.45, 2.75) is 26.2 Å². The predicted octanol–water partition coefficient (Wildman–Crippen LogP) is 1.91. The molecule has 120 valence electrons. The number of para-hydroxylation sites is 1. The Morgan fingerprint density at radius 3 is 2.41 bits per heavy atom. The summed E-state index contributed by atoms with van der Waals surface area (Å²) in [4.78, 5) is 28.3. The summed E-state index contributed by atoms with van der Waals surface area (Å²) in [5.74, 6) is -0.00510. The highest BCUT2D eigenvalue weighted by Gasteiger charge is 2.21. The lowest BCUT2D eigenvalue weighted by Gasteiger charge is -2.32. The molecule has 1 N–H and O–H groups in total. The molecule has 0 aromatic heterocycles. The van der Waals surface area contributed by atoms with Crippen LogP contribution in [0.3, 0.4) is 0 Å². The Kier molecular flexibility index (Phi) is 5.55. The van der Waals surface area contributed by atoms with Crippen molar-refractivity contribution in [1.82, 2.24) is 9.80 Å². The third-order valence-corrected chi connectivity index (χ3v) is 4.02. The lowest BCUT2D eigenvalue weighted by atomic mass is 10.0. The number of carbonyl (C=O) groups is 2. The summed E-state index contributed by atoms with van der Waals surface area (Å²) in [7, 11) is 2.04. The van der Waals surface area contributed by atoms with Crippen molar-refractivity contribution in [1.29, 1.82) is 0 Å². The van der Waals surface area contributed by atoms with E-state index < -0.39 is 0 Å². The van der Waals surface area contributed by atoms with E-state index in [1.54, 1.807) is 4.90 Å². The molecule has 0 radical (unpaired) electrons. The first kappa shape index (κ1) is 16.5. The molecule has 1 aromatic carbocycles. The van der Waals surface area contributed by atoms with Gasteiger partial charge in [-0.3, -0.25) is 9.59 Å². The number of nitrogens with one attached hydrogen (secondary N) is 1. The van der Waals surface area contributed by atoms with Gasteiger partial charge in [-0.1, -0.05) is 32.0 Å². The van der Waals surface area contributed by atoms with E-state index in [2.05, 4.69) is 24.1 Å². The Bertz CT molecular complexity index is 534. The number of hydrogen-bond donors (Lipinski definition) is 1. The summed E-state index contributed by atoms with van der Waals surface area (Å²) in [6.45, 7) is 7.30. The van der Waals surface area contributed by atoms with Gasteiger partial charge in [0.25, 0.3) is 0 Å². The molecule has 1 heterocycles. The number of nitrogens with zero attached hydrogens (tertiary/aromatic N) is 2.